The Labute approximate surface area is 175 Å². The Kier molecular flexibility index (Phi) is 8.17. The van der Waals surface area contributed by atoms with Crippen LogP contribution in [0.5, 0.6) is 0 Å². The number of amides is 2. The fourth-order valence-corrected chi connectivity index (χ4v) is 3.39. The van der Waals surface area contributed by atoms with Gasteiger partial charge in [0.25, 0.3) is 0 Å². The van der Waals surface area contributed by atoms with E-state index < -0.39 is 11.2 Å². The number of nitrogens with zero attached hydrogens (tertiary/aromatic N) is 1. The first-order valence-corrected chi connectivity index (χ1v) is 10.9. The van der Waals surface area contributed by atoms with Crippen molar-refractivity contribution in [2.75, 3.05) is 26.2 Å². The smallest absolute Gasteiger partial charge is 0.410 e. The van der Waals surface area contributed by atoms with E-state index in [1.54, 1.807) is 0 Å². The first-order chi connectivity index (χ1) is 13.4. The van der Waals surface area contributed by atoms with Crippen molar-refractivity contribution < 1.29 is 19.1 Å². The molecule has 0 aromatic heterocycles. The Morgan fingerprint density at radius 3 is 1.86 bits per heavy atom. The molecule has 8 nitrogen and oxygen atoms in total. The van der Waals surface area contributed by atoms with Gasteiger partial charge in [0, 0.05) is 31.2 Å². The van der Waals surface area contributed by atoms with Gasteiger partial charge in [-0.1, -0.05) is 0 Å². The molecule has 2 atom stereocenters. The minimum absolute atomic E-state index is 0.135. The summed E-state index contributed by atoms with van der Waals surface area (Å²) in [5, 5.41) is 9.29. The second kappa shape index (κ2) is 9.98. The van der Waals surface area contributed by atoms with Crippen molar-refractivity contribution >= 4 is 12.2 Å². The maximum absolute atomic E-state index is 12.1. The summed E-state index contributed by atoms with van der Waals surface area (Å²) in [6, 6.07) is 0.997. The van der Waals surface area contributed by atoms with Gasteiger partial charge in [0.15, 0.2) is 0 Å². The highest BCUT2D eigenvalue weighted by atomic mass is 16.6. The molecule has 3 aliphatic rings. The van der Waals surface area contributed by atoms with Crippen molar-refractivity contribution in [3.05, 3.63) is 0 Å². The molecule has 3 fully saturated rings. The SMILES string of the molecule is CC(C)(C)OC(=O)N(C1CC1)[C@H]1CCNC1.CC(C)(C)OC(=O)N[C@H]1CCNC1. The Morgan fingerprint density at radius 1 is 0.828 bits per heavy atom. The molecule has 0 radical (unpaired) electrons. The number of carbonyl (C=O) groups is 2. The van der Waals surface area contributed by atoms with Crippen LogP contribution in [-0.2, 0) is 9.47 Å². The van der Waals surface area contributed by atoms with Gasteiger partial charge >= 0.3 is 12.2 Å². The lowest BCUT2D eigenvalue weighted by molar-refractivity contribution is 0.0156. The van der Waals surface area contributed by atoms with Crippen molar-refractivity contribution in [3.63, 3.8) is 0 Å². The number of carbonyl (C=O) groups excluding carboxylic acids is 2. The monoisotopic (exact) mass is 412 g/mol. The van der Waals surface area contributed by atoms with Crippen molar-refractivity contribution in [1.29, 1.82) is 0 Å². The predicted molar refractivity (Wildman–Crippen MR) is 113 cm³/mol. The Morgan fingerprint density at radius 2 is 1.41 bits per heavy atom. The minimum atomic E-state index is -0.407. The van der Waals surface area contributed by atoms with Crippen molar-refractivity contribution in [1.82, 2.24) is 20.9 Å². The van der Waals surface area contributed by atoms with Crippen LogP contribution in [0, 0.1) is 0 Å². The van der Waals surface area contributed by atoms with Crippen LogP contribution in [0.25, 0.3) is 0 Å². The molecule has 2 heterocycles. The Hall–Kier alpha value is -1.54. The number of hydrogen-bond donors (Lipinski definition) is 3. The third-order valence-electron chi connectivity index (χ3n) is 4.75. The number of nitrogens with one attached hydrogen (secondary N) is 3. The quantitative estimate of drug-likeness (QED) is 0.660. The fourth-order valence-electron chi connectivity index (χ4n) is 3.39. The highest BCUT2D eigenvalue weighted by Gasteiger charge is 2.40. The summed E-state index contributed by atoms with van der Waals surface area (Å²) < 4.78 is 10.6. The van der Waals surface area contributed by atoms with E-state index in [1.807, 2.05) is 46.4 Å². The second-order valence-electron chi connectivity index (χ2n) is 10.1. The largest absolute Gasteiger partial charge is 0.444 e. The molecular formula is C21H40N4O4. The van der Waals surface area contributed by atoms with Crippen molar-refractivity contribution in [2.45, 2.75) is 96.6 Å². The molecule has 3 N–H and O–H groups in total. The van der Waals surface area contributed by atoms with Crippen LogP contribution in [-0.4, -0.2) is 72.6 Å². The van der Waals surface area contributed by atoms with Gasteiger partial charge in [-0.2, -0.15) is 0 Å². The maximum Gasteiger partial charge on any atom is 0.410 e. The summed E-state index contributed by atoms with van der Waals surface area (Å²) in [7, 11) is 0. The zero-order valence-corrected chi connectivity index (χ0v) is 19.0. The van der Waals surface area contributed by atoms with Crippen LogP contribution in [0.4, 0.5) is 9.59 Å². The van der Waals surface area contributed by atoms with Crippen molar-refractivity contribution in [3.8, 4) is 0 Å². The molecule has 0 aromatic rings. The molecule has 0 aromatic carbocycles. The molecule has 2 aliphatic heterocycles. The van der Waals surface area contributed by atoms with Crippen LogP contribution in [0.3, 0.4) is 0 Å². The topological polar surface area (TPSA) is 91.9 Å². The molecule has 2 saturated heterocycles. The molecular weight excluding hydrogens is 372 g/mol. The van der Waals surface area contributed by atoms with Crippen LogP contribution in [0.15, 0.2) is 0 Å². The van der Waals surface area contributed by atoms with Crippen LogP contribution >= 0.6 is 0 Å². The van der Waals surface area contributed by atoms with Gasteiger partial charge < -0.3 is 30.3 Å². The lowest BCUT2D eigenvalue weighted by atomic mass is 10.2. The Bertz CT molecular complexity index is 540. The van der Waals surface area contributed by atoms with E-state index in [1.165, 1.54) is 0 Å². The molecule has 0 unspecified atom stereocenters. The molecule has 1 saturated carbocycles. The summed E-state index contributed by atoms with van der Waals surface area (Å²) in [6.45, 7) is 15.1. The Balaban J connectivity index is 0.000000212. The van der Waals surface area contributed by atoms with Crippen LogP contribution < -0.4 is 16.0 Å². The molecule has 0 bridgehead atoms. The molecule has 0 spiro atoms. The van der Waals surface area contributed by atoms with E-state index in [0.29, 0.717) is 12.1 Å². The molecule has 8 heteroatoms. The van der Waals surface area contributed by atoms with E-state index in [4.69, 9.17) is 9.47 Å². The van der Waals surface area contributed by atoms with Crippen LogP contribution in [0.1, 0.15) is 67.2 Å². The third-order valence-corrected chi connectivity index (χ3v) is 4.75. The van der Waals surface area contributed by atoms with Gasteiger partial charge in [-0.3, -0.25) is 0 Å². The lowest BCUT2D eigenvalue weighted by Crippen LogP contribution is -2.45. The first-order valence-electron chi connectivity index (χ1n) is 10.9. The van der Waals surface area contributed by atoms with Gasteiger partial charge in [-0.15, -0.1) is 0 Å². The fraction of sp³-hybridized carbons (Fsp3) is 0.905. The number of hydrogen-bond acceptors (Lipinski definition) is 6. The number of rotatable bonds is 3. The van der Waals surface area contributed by atoms with E-state index in [-0.39, 0.29) is 18.2 Å². The summed E-state index contributed by atoms with van der Waals surface area (Å²) >= 11 is 0. The molecule has 29 heavy (non-hydrogen) atoms. The van der Waals surface area contributed by atoms with E-state index >= 15 is 0 Å². The standard InChI is InChI=1S/C12H22N2O2.C9H18N2O2/c1-12(2,3)16-11(15)14(9-4-5-9)10-6-7-13-8-10;1-9(2,3)13-8(12)11-7-4-5-10-6-7/h9-10,13H,4-8H2,1-3H3;7,10H,4-6H2,1-3H3,(H,11,12)/t10-;7-/m00/s1. The summed E-state index contributed by atoms with van der Waals surface area (Å²) in [4.78, 5) is 25.3. The number of ether oxygens (including phenoxy) is 2. The summed E-state index contributed by atoms with van der Waals surface area (Å²) in [6.07, 6.45) is 3.85. The van der Waals surface area contributed by atoms with Crippen molar-refractivity contribution in [2.24, 2.45) is 0 Å². The molecule has 3 rings (SSSR count). The van der Waals surface area contributed by atoms with Gasteiger partial charge in [0.05, 0.1) is 0 Å². The zero-order chi connectivity index (χ0) is 21.7. The highest BCUT2D eigenvalue weighted by Crippen LogP contribution is 2.31. The molecule has 2 amide bonds. The highest BCUT2D eigenvalue weighted by molar-refractivity contribution is 5.69. The van der Waals surface area contributed by atoms with Gasteiger partial charge in [0.2, 0.25) is 0 Å². The third kappa shape index (κ3) is 9.21. The number of alkyl carbamates (subject to hydrolysis) is 1. The van der Waals surface area contributed by atoms with Gasteiger partial charge in [-0.05, 0) is 80.3 Å². The van der Waals surface area contributed by atoms with Crippen LogP contribution in [0.2, 0.25) is 0 Å². The first kappa shape index (κ1) is 23.7. The minimum Gasteiger partial charge on any atom is -0.444 e. The maximum atomic E-state index is 12.1. The zero-order valence-electron chi connectivity index (χ0n) is 19.0. The van der Waals surface area contributed by atoms with E-state index in [2.05, 4.69) is 16.0 Å². The van der Waals surface area contributed by atoms with E-state index in [0.717, 1.165) is 51.9 Å². The van der Waals surface area contributed by atoms with E-state index in [9.17, 15) is 9.59 Å². The average Bonchev–Trinajstić information content (AvgIpc) is 3.02. The van der Waals surface area contributed by atoms with Gasteiger partial charge in [0.1, 0.15) is 11.2 Å². The predicted octanol–water partition coefficient (Wildman–Crippen LogP) is 2.62. The normalized spacial score (nSPS) is 24.3. The molecule has 1 aliphatic carbocycles. The summed E-state index contributed by atoms with van der Waals surface area (Å²) in [5.74, 6) is 0. The average molecular weight is 413 g/mol. The second-order valence-corrected chi connectivity index (χ2v) is 10.1. The molecule has 168 valence electrons. The lowest BCUT2D eigenvalue weighted by Gasteiger charge is -2.31. The summed E-state index contributed by atoms with van der Waals surface area (Å²) in [5.41, 5.74) is -0.799. The van der Waals surface area contributed by atoms with Gasteiger partial charge in [-0.25, -0.2) is 9.59 Å².